The standard InChI is InChI=1S/C12H9F3N2O/c1-6-11(15)12(18)17-10(16-6)4-7-2-3-8(13)5-9(7)14/h2-3,5H,4H2,1H3,(H,16,17,18). The molecule has 1 heterocycles. The first-order valence-corrected chi connectivity index (χ1v) is 5.13. The Kier molecular flexibility index (Phi) is 3.18. The zero-order valence-corrected chi connectivity index (χ0v) is 9.41. The van der Waals surface area contributed by atoms with Gasteiger partial charge in [-0.05, 0) is 18.6 Å². The van der Waals surface area contributed by atoms with Gasteiger partial charge in [-0.1, -0.05) is 6.07 Å². The fourth-order valence-electron chi connectivity index (χ4n) is 1.52. The number of rotatable bonds is 2. The van der Waals surface area contributed by atoms with Gasteiger partial charge in [-0.15, -0.1) is 0 Å². The molecule has 0 radical (unpaired) electrons. The number of aryl methyl sites for hydroxylation is 1. The summed E-state index contributed by atoms with van der Waals surface area (Å²) < 4.78 is 39.2. The van der Waals surface area contributed by atoms with Crippen LogP contribution in [0, 0.1) is 24.4 Å². The molecule has 1 N–H and O–H groups in total. The average molecular weight is 254 g/mol. The average Bonchev–Trinajstić information content (AvgIpc) is 2.29. The van der Waals surface area contributed by atoms with Crippen LogP contribution in [0.25, 0.3) is 0 Å². The van der Waals surface area contributed by atoms with Crippen molar-refractivity contribution in [1.82, 2.24) is 9.97 Å². The van der Waals surface area contributed by atoms with E-state index >= 15 is 0 Å². The number of aromatic nitrogens is 2. The third-order valence-corrected chi connectivity index (χ3v) is 2.41. The quantitative estimate of drug-likeness (QED) is 0.895. The van der Waals surface area contributed by atoms with Crippen LogP contribution in [0.1, 0.15) is 17.1 Å². The molecule has 0 atom stereocenters. The Labute approximate surface area is 101 Å². The van der Waals surface area contributed by atoms with E-state index in [1.165, 1.54) is 13.0 Å². The van der Waals surface area contributed by atoms with Crippen molar-refractivity contribution in [2.24, 2.45) is 0 Å². The van der Waals surface area contributed by atoms with Crippen LogP contribution in [0.2, 0.25) is 0 Å². The highest BCUT2D eigenvalue weighted by Gasteiger charge is 2.12. The number of nitrogens with zero attached hydrogens (tertiary/aromatic N) is 2. The van der Waals surface area contributed by atoms with Crippen molar-refractivity contribution in [3.05, 3.63) is 52.7 Å². The lowest BCUT2D eigenvalue weighted by molar-refractivity contribution is 0.402. The Morgan fingerprint density at radius 3 is 2.50 bits per heavy atom. The molecular weight excluding hydrogens is 245 g/mol. The molecule has 1 aromatic heterocycles. The maximum Gasteiger partial charge on any atom is 0.251 e. The summed E-state index contributed by atoms with van der Waals surface area (Å²) in [5.74, 6) is -3.04. The molecule has 2 aromatic rings. The molecule has 94 valence electrons. The SMILES string of the molecule is Cc1nc(Cc2ccc(F)cc2F)nc(O)c1F. The molecule has 6 heteroatoms. The number of hydrogen-bond donors (Lipinski definition) is 1. The van der Waals surface area contributed by atoms with Crippen molar-refractivity contribution in [2.45, 2.75) is 13.3 Å². The molecule has 0 fully saturated rings. The molecule has 2 rings (SSSR count). The second-order valence-electron chi connectivity index (χ2n) is 3.78. The summed E-state index contributed by atoms with van der Waals surface area (Å²) in [6.45, 7) is 1.36. The van der Waals surface area contributed by atoms with Gasteiger partial charge in [0.05, 0.1) is 5.69 Å². The normalized spacial score (nSPS) is 10.7. The first-order valence-electron chi connectivity index (χ1n) is 5.13. The first-order chi connectivity index (χ1) is 8.47. The van der Waals surface area contributed by atoms with Crippen molar-refractivity contribution >= 4 is 0 Å². The molecule has 0 aliphatic rings. The van der Waals surface area contributed by atoms with Crippen molar-refractivity contribution in [1.29, 1.82) is 0 Å². The van der Waals surface area contributed by atoms with Crippen LogP contribution in [0.4, 0.5) is 13.2 Å². The second-order valence-corrected chi connectivity index (χ2v) is 3.78. The van der Waals surface area contributed by atoms with Crippen LogP contribution in [-0.2, 0) is 6.42 Å². The fourth-order valence-corrected chi connectivity index (χ4v) is 1.52. The predicted octanol–water partition coefficient (Wildman–Crippen LogP) is 2.50. The van der Waals surface area contributed by atoms with Crippen molar-refractivity contribution in [3.63, 3.8) is 0 Å². The lowest BCUT2D eigenvalue weighted by Crippen LogP contribution is -2.03. The third-order valence-electron chi connectivity index (χ3n) is 2.41. The number of benzene rings is 1. The van der Waals surface area contributed by atoms with E-state index in [1.807, 2.05) is 0 Å². The molecule has 0 saturated heterocycles. The Balaban J connectivity index is 2.34. The molecule has 0 saturated carbocycles. The van der Waals surface area contributed by atoms with Gasteiger partial charge in [-0.2, -0.15) is 9.37 Å². The van der Waals surface area contributed by atoms with Crippen molar-refractivity contribution in [2.75, 3.05) is 0 Å². The molecular formula is C12H9F3N2O. The zero-order valence-electron chi connectivity index (χ0n) is 9.41. The van der Waals surface area contributed by atoms with Crippen LogP contribution in [-0.4, -0.2) is 15.1 Å². The Bertz CT molecular complexity index is 579. The smallest absolute Gasteiger partial charge is 0.251 e. The highest BCUT2D eigenvalue weighted by Crippen LogP contribution is 2.17. The van der Waals surface area contributed by atoms with E-state index in [0.717, 1.165) is 12.1 Å². The van der Waals surface area contributed by atoms with Crippen molar-refractivity contribution < 1.29 is 18.3 Å². The Morgan fingerprint density at radius 1 is 1.17 bits per heavy atom. The summed E-state index contributed by atoms with van der Waals surface area (Å²) in [7, 11) is 0. The topological polar surface area (TPSA) is 46.0 Å². The predicted molar refractivity (Wildman–Crippen MR) is 57.6 cm³/mol. The lowest BCUT2D eigenvalue weighted by Gasteiger charge is -2.05. The largest absolute Gasteiger partial charge is 0.491 e. The van der Waals surface area contributed by atoms with E-state index in [2.05, 4.69) is 9.97 Å². The zero-order chi connectivity index (χ0) is 13.3. The Hall–Kier alpha value is -2.11. The summed E-state index contributed by atoms with van der Waals surface area (Å²) in [6, 6.07) is 3.10. The van der Waals surface area contributed by atoms with Crippen LogP contribution in [0.5, 0.6) is 5.88 Å². The first kappa shape index (κ1) is 12.3. The minimum Gasteiger partial charge on any atom is -0.491 e. The van der Waals surface area contributed by atoms with Gasteiger partial charge in [0.25, 0.3) is 5.88 Å². The van der Waals surface area contributed by atoms with E-state index in [-0.39, 0.29) is 23.5 Å². The summed E-state index contributed by atoms with van der Waals surface area (Å²) in [5.41, 5.74) is 0.141. The summed E-state index contributed by atoms with van der Waals surface area (Å²) in [5, 5.41) is 9.19. The molecule has 0 aliphatic heterocycles. The van der Waals surface area contributed by atoms with Crippen LogP contribution < -0.4 is 0 Å². The minimum atomic E-state index is -0.904. The summed E-state index contributed by atoms with van der Waals surface area (Å²) in [4.78, 5) is 7.29. The lowest BCUT2D eigenvalue weighted by atomic mass is 10.1. The van der Waals surface area contributed by atoms with Gasteiger partial charge in [0, 0.05) is 12.5 Å². The highest BCUT2D eigenvalue weighted by atomic mass is 19.1. The van der Waals surface area contributed by atoms with Gasteiger partial charge in [-0.3, -0.25) is 0 Å². The maximum atomic E-state index is 13.4. The van der Waals surface area contributed by atoms with Crippen LogP contribution in [0.3, 0.4) is 0 Å². The van der Waals surface area contributed by atoms with E-state index in [4.69, 9.17) is 0 Å². The third kappa shape index (κ3) is 2.42. The van der Waals surface area contributed by atoms with Gasteiger partial charge in [-0.25, -0.2) is 13.8 Å². The fraction of sp³-hybridized carbons (Fsp3) is 0.167. The highest BCUT2D eigenvalue weighted by molar-refractivity contribution is 5.24. The Morgan fingerprint density at radius 2 is 1.89 bits per heavy atom. The minimum absolute atomic E-state index is 0.0278. The second kappa shape index (κ2) is 4.64. The molecule has 0 bridgehead atoms. The van der Waals surface area contributed by atoms with Crippen LogP contribution in [0.15, 0.2) is 18.2 Å². The molecule has 0 spiro atoms. The maximum absolute atomic E-state index is 13.4. The number of aromatic hydroxyl groups is 1. The van der Waals surface area contributed by atoms with Gasteiger partial charge < -0.3 is 5.11 Å². The molecule has 0 aliphatic carbocycles. The monoisotopic (exact) mass is 254 g/mol. The summed E-state index contributed by atoms with van der Waals surface area (Å²) in [6.07, 6.45) is -0.0548. The van der Waals surface area contributed by atoms with Crippen molar-refractivity contribution in [3.8, 4) is 5.88 Å². The molecule has 0 amide bonds. The van der Waals surface area contributed by atoms with E-state index in [0.29, 0.717) is 0 Å². The summed E-state index contributed by atoms with van der Waals surface area (Å²) >= 11 is 0. The molecule has 1 aromatic carbocycles. The number of hydrogen-bond acceptors (Lipinski definition) is 3. The van der Waals surface area contributed by atoms with Gasteiger partial charge >= 0.3 is 0 Å². The van der Waals surface area contributed by atoms with Gasteiger partial charge in [0.1, 0.15) is 17.5 Å². The molecule has 3 nitrogen and oxygen atoms in total. The van der Waals surface area contributed by atoms with Gasteiger partial charge in [0.15, 0.2) is 0 Å². The van der Waals surface area contributed by atoms with Crippen LogP contribution >= 0.6 is 0 Å². The molecule has 0 unspecified atom stereocenters. The van der Waals surface area contributed by atoms with E-state index < -0.39 is 23.3 Å². The molecule has 18 heavy (non-hydrogen) atoms. The van der Waals surface area contributed by atoms with Gasteiger partial charge in [0.2, 0.25) is 5.82 Å². The van der Waals surface area contributed by atoms with E-state index in [1.54, 1.807) is 0 Å². The van der Waals surface area contributed by atoms with E-state index in [9.17, 15) is 18.3 Å². The number of halogens is 3.